The number of amides is 1. The number of hydrogen-bond acceptors (Lipinski definition) is 5. The molecule has 30 heavy (non-hydrogen) atoms. The second-order valence-corrected chi connectivity index (χ2v) is 8.02. The van der Waals surface area contributed by atoms with Crippen molar-refractivity contribution in [3.8, 4) is 11.1 Å². The largest absolute Gasteiger partial charge is 0.462 e. The Kier molecular flexibility index (Phi) is 6.14. The zero-order chi connectivity index (χ0) is 20.9. The van der Waals surface area contributed by atoms with Gasteiger partial charge in [-0.15, -0.1) is 11.3 Å². The fourth-order valence-corrected chi connectivity index (χ4v) is 4.77. The van der Waals surface area contributed by atoms with Gasteiger partial charge < -0.3 is 15.0 Å². The van der Waals surface area contributed by atoms with E-state index in [0.29, 0.717) is 10.6 Å². The van der Waals surface area contributed by atoms with Crippen molar-refractivity contribution in [3.05, 3.63) is 71.1 Å². The first-order valence-corrected chi connectivity index (χ1v) is 11.0. The average molecular weight is 421 g/mol. The first-order valence-electron chi connectivity index (χ1n) is 10.1. The molecule has 1 amide bonds. The van der Waals surface area contributed by atoms with Crippen LogP contribution in [0.25, 0.3) is 11.1 Å². The van der Waals surface area contributed by atoms with Gasteiger partial charge in [-0.25, -0.2) is 4.79 Å². The van der Waals surface area contributed by atoms with Crippen LogP contribution in [0.2, 0.25) is 0 Å². The molecular weight excluding hydrogens is 396 g/mol. The van der Waals surface area contributed by atoms with Crippen molar-refractivity contribution in [2.24, 2.45) is 0 Å². The van der Waals surface area contributed by atoms with Crippen molar-refractivity contribution in [1.82, 2.24) is 0 Å². The van der Waals surface area contributed by atoms with Gasteiger partial charge in [0.2, 0.25) is 5.91 Å². The highest BCUT2D eigenvalue weighted by molar-refractivity contribution is 7.15. The third kappa shape index (κ3) is 4.24. The maximum absolute atomic E-state index is 12.9. The summed E-state index contributed by atoms with van der Waals surface area (Å²) in [6, 6.07) is 17.9. The van der Waals surface area contributed by atoms with E-state index in [1.54, 1.807) is 6.92 Å². The molecule has 6 heteroatoms. The van der Waals surface area contributed by atoms with Crippen LogP contribution in [0.4, 0.5) is 10.7 Å². The van der Waals surface area contributed by atoms with Crippen molar-refractivity contribution < 1.29 is 14.3 Å². The number of hydrogen-bond donors (Lipinski definition) is 1. The molecule has 4 rings (SSSR count). The van der Waals surface area contributed by atoms with Gasteiger partial charge in [-0.3, -0.25) is 4.79 Å². The lowest BCUT2D eigenvalue weighted by Gasteiger charge is -2.30. The summed E-state index contributed by atoms with van der Waals surface area (Å²) in [7, 11) is 0. The second kappa shape index (κ2) is 9.13. The number of aryl methyl sites for hydroxylation is 1. The lowest BCUT2D eigenvalue weighted by atomic mass is 10.0. The van der Waals surface area contributed by atoms with Gasteiger partial charge >= 0.3 is 5.97 Å². The minimum absolute atomic E-state index is 0.140. The standard InChI is InChI=1S/C24H24N2O3S/c1-2-29-24(28)22-19(17-9-4-3-5-10-17)16-30-23(22)25-21(27)15-26-14-8-12-18-11-6-7-13-20(18)26/h3-7,9-11,13,16H,2,8,12,14-15H2,1H3,(H,25,27). The number of anilines is 2. The van der Waals surface area contributed by atoms with E-state index in [1.165, 1.54) is 16.9 Å². The van der Waals surface area contributed by atoms with E-state index < -0.39 is 5.97 Å². The molecule has 1 aliphatic rings. The van der Waals surface area contributed by atoms with Crippen molar-refractivity contribution >= 4 is 33.9 Å². The minimum Gasteiger partial charge on any atom is -0.462 e. The molecule has 1 aliphatic heterocycles. The molecule has 154 valence electrons. The Morgan fingerprint density at radius 2 is 1.87 bits per heavy atom. The summed E-state index contributed by atoms with van der Waals surface area (Å²) in [6.07, 6.45) is 2.06. The molecule has 0 saturated heterocycles. The molecule has 0 radical (unpaired) electrons. The molecule has 1 aromatic heterocycles. The Morgan fingerprint density at radius 1 is 1.10 bits per heavy atom. The number of rotatable bonds is 6. The van der Waals surface area contributed by atoms with Crippen LogP contribution in [0.3, 0.4) is 0 Å². The predicted octanol–water partition coefficient (Wildman–Crippen LogP) is 4.98. The maximum Gasteiger partial charge on any atom is 0.341 e. The molecule has 0 spiro atoms. The van der Waals surface area contributed by atoms with Crippen molar-refractivity contribution in [2.75, 3.05) is 29.9 Å². The first-order chi connectivity index (χ1) is 14.7. The van der Waals surface area contributed by atoms with Gasteiger partial charge in [-0.2, -0.15) is 0 Å². The average Bonchev–Trinajstić information content (AvgIpc) is 3.18. The Hall–Kier alpha value is -3.12. The van der Waals surface area contributed by atoms with E-state index in [9.17, 15) is 9.59 Å². The summed E-state index contributed by atoms with van der Waals surface area (Å²) in [5.74, 6) is -0.560. The minimum atomic E-state index is -0.420. The number of nitrogens with one attached hydrogen (secondary N) is 1. The van der Waals surface area contributed by atoms with Gasteiger partial charge in [0.25, 0.3) is 0 Å². The van der Waals surface area contributed by atoms with E-state index in [1.807, 2.05) is 47.8 Å². The predicted molar refractivity (Wildman–Crippen MR) is 121 cm³/mol. The van der Waals surface area contributed by atoms with Gasteiger partial charge in [0.15, 0.2) is 0 Å². The van der Waals surface area contributed by atoms with E-state index in [2.05, 4.69) is 22.3 Å². The van der Waals surface area contributed by atoms with Crippen molar-refractivity contribution in [1.29, 1.82) is 0 Å². The number of ether oxygens (including phenoxy) is 1. The summed E-state index contributed by atoms with van der Waals surface area (Å²) in [6.45, 7) is 3.14. The van der Waals surface area contributed by atoms with Gasteiger partial charge in [0.05, 0.1) is 13.2 Å². The van der Waals surface area contributed by atoms with Crippen LogP contribution in [0.1, 0.15) is 29.3 Å². The first kappa shape index (κ1) is 20.2. The van der Waals surface area contributed by atoms with Crippen LogP contribution in [0, 0.1) is 0 Å². The summed E-state index contributed by atoms with van der Waals surface area (Å²) in [5, 5.41) is 5.38. The zero-order valence-corrected chi connectivity index (χ0v) is 17.7. The number of para-hydroxylation sites is 1. The van der Waals surface area contributed by atoms with E-state index >= 15 is 0 Å². The Balaban J connectivity index is 1.57. The molecular formula is C24H24N2O3S. The fourth-order valence-electron chi connectivity index (χ4n) is 3.80. The van der Waals surface area contributed by atoms with Crippen molar-refractivity contribution in [3.63, 3.8) is 0 Å². The van der Waals surface area contributed by atoms with Crippen LogP contribution in [0.5, 0.6) is 0 Å². The van der Waals surface area contributed by atoms with Crippen LogP contribution in [-0.2, 0) is 16.0 Å². The molecule has 0 saturated carbocycles. The van der Waals surface area contributed by atoms with Gasteiger partial charge in [-0.1, -0.05) is 48.5 Å². The quantitative estimate of drug-likeness (QED) is 0.571. The SMILES string of the molecule is CCOC(=O)c1c(-c2ccccc2)csc1NC(=O)CN1CCCc2ccccc21. The van der Waals surface area contributed by atoms with Crippen LogP contribution >= 0.6 is 11.3 Å². The number of esters is 1. The molecule has 2 heterocycles. The Morgan fingerprint density at radius 3 is 2.67 bits per heavy atom. The third-order valence-corrected chi connectivity index (χ3v) is 6.04. The highest BCUT2D eigenvalue weighted by Crippen LogP contribution is 2.36. The topological polar surface area (TPSA) is 58.6 Å². The highest BCUT2D eigenvalue weighted by atomic mass is 32.1. The number of thiophene rings is 1. The smallest absolute Gasteiger partial charge is 0.341 e. The number of carbonyl (C=O) groups excluding carboxylic acids is 2. The molecule has 1 N–H and O–H groups in total. The van der Waals surface area contributed by atoms with Gasteiger partial charge in [-0.05, 0) is 37.0 Å². The van der Waals surface area contributed by atoms with E-state index in [0.717, 1.165) is 36.2 Å². The fraction of sp³-hybridized carbons (Fsp3) is 0.250. The van der Waals surface area contributed by atoms with Crippen LogP contribution in [-0.4, -0.2) is 31.6 Å². The summed E-state index contributed by atoms with van der Waals surface area (Å²) < 4.78 is 5.27. The zero-order valence-electron chi connectivity index (χ0n) is 16.9. The number of carbonyl (C=O) groups is 2. The molecule has 2 aromatic carbocycles. The lowest BCUT2D eigenvalue weighted by Crippen LogP contribution is -2.36. The van der Waals surface area contributed by atoms with E-state index in [-0.39, 0.29) is 19.1 Å². The molecule has 0 fully saturated rings. The van der Waals surface area contributed by atoms with Gasteiger partial charge in [0, 0.05) is 23.2 Å². The number of nitrogens with zero attached hydrogens (tertiary/aromatic N) is 1. The van der Waals surface area contributed by atoms with Crippen LogP contribution in [0.15, 0.2) is 60.0 Å². The molecule has 3 aromatic rings. The maximum atomic E-state index is 12.9. The highest BCUT2D eigenvalue weighted by Gasteiger charge is 2.24. The number of benzene rings is 2. The second-order valence-electron chi connectivity index (χ2n) is 7.14. The lowest BCUT2D eigenvalue weighted by molar-refractivity contribution is -0.115. The third-order valence-electron chi connectivity index (χ3n) is 5.15. The summed E-state index contributed by atoms with van der Waals surface area (Å²) in [5.41, 5.74) is 4.49. The Labute approximate surface area is 180 Å². The van der Waals surface area contributed by atoms with E-state index in [4.69, 9.17) is 4.74 Å². The van der Waals surface area contributed by atoms with Crippen molar-refractivity contribution in [2.45, 2.75) is 19.8 Å². The Bertz CT molecular complexity index is 1050. The summed E-state index contributed by atoms with van der Waals surface area (Å²) >= 11 is 1.35. The molecule has 0 atom stereocenters. The molecule has 0 unspecified atom stereocenters. The number of fused-ring (bicyclic) bond motifs is 1. The monoisotopic (exact) mass is 420 g/mol. The molecule has 0 aliphatic carbocycles. The molecule has 0 bridgehead atoms. The summed E-state index contributed by atoms with van der Waals surface area (Å²) in [4.78, 5) is 27.7. The van der Waals surface area contributed by atoms with Crippen LogP contribution < -0.4 is 10.2 Å². The molecule has 5 nitrogen and oxygen atoms in total. The normalized spacial score (nSPS) is 12.9. The van der Waals surface area contributed by atoms with Gasteiger partial charge in [0.1, 0.15) is 10.6 Å².